The van der Waals surface area contributed by atoms with Gasteiger partial charge in [0, 0.05) is 24.4 Å². The Balaban J connectivity index is 1.94. The van der Waals surface area contributed by atoms with Crippen LogP contribution in [-0.4, -0.2) is 21.7 Å². The summed E-state index contributed by atoms with van der Waals surface area (Å²) in [6, 6.07) is 4.16. The summed E-state index contributed by atoms with van der Waals surface area (Å²) >= 11 is 0. The Hall–Kier alpha value is -2.11. The highest BCUT2D eigenvalue weighted by Crippen LogP contribution is 2.35. The molecule has 1 fully saturated rings. The molecule has 19 heavy (non-hydrogen) atoms. The third-order valence-corrected chi connectivity index (χ3v) is 3.39. The van der Waals surface area contributed by atoms with E-state index in [0.717, 1.165) is 42.4 Å². The van der Waals surface area contributed by atoms with E-state index >= 15 is 0 Å². The van der Waals surface area contributed by atoms with Crippen LogP contribution in [0.25, 0.3) is 0 Å². The lowest BCUT2D eigenvalue weighted by molar-refractivity contribution is 0.385. The van der Waals surface area contributed by atoms with E-state index in [2.05, 4.69) is 20.0 Å². The molecule has 2 aromatic rings. The maximum Gasteiger partial charge on any atom is 0.222 e. The molecular weight excluding hydrogens is 242 g/mol. The second-order valence-electron chi connectivity index (χ2n) is 4.94. The van der Waals surface area contributed by atoms with Crippen LogP contribution in [0.5, 0.6) is 0 Å². The lowest BCUT2D eigenvalue weighted by Gasteiger charge is -2.24. The van der Waals surface area contributed by atoms with E-state index in [1.54, 1.807) is 0 Å². The standard InChI is InChI=1S/C13H17N5O/c1-8-6-12(16-13(14)15-8)18-5-3-4-11(18)10-7-9(2)19-17-10/h6-7,11H,3-5H2,1-2H3,(H2,14,15,16). The first kappa shape index (κ1) is 12.0. The maximum atomic E-state index is 5.73. The van der Waals surface area contributed by atoms with E-state index in [0.29, 0.717) is 5.95 Å². The molecule has 0 aromatic carbocycles. The van der Waals surface area contributed by atoms with Crippen LogP contribution in [0.2, 0.25) is 0 Å². The van der Waals surface area contributed by atoms with Crippen LogP contribution in [-0.2, 0) is 0 Å². The van der Waals surface area contributed by atoms with E-state index in [9.17, 15) is 0 Å². The van der Waals surface area contributed by atoms with Crippen LogP contribution in [0.4, 0.5) is 11.8 Å². The zero-order valence-corrected chi connectivity index (χ0v) is 11.1. The largest absolute Gasteiger partial charge is 0.368 e. The van der Waals surface area contributed by atoms with Crippen LogP contribution in [0, 0.1) is 13.8 Å². The smallest absolute Gasteiger partial charge is 0.222 e. The number of nitrogen functional groups attached to an aromatic ring is 1. The quantitative estimate of drug-likeness (QED) is 0.888. The third-order valence-electron chi connectivity index (χ3n) is 3.39. The van der Waals surface area contributed by atoms with Crippen LogP contribution in [0.15, 0.2) is 16.7 Å². The fraction of sp³-hybridized carbons (Fsp3) is 0.462. The fourth-order valence-electron chi connectivity index (χ4n) is 2.61. The van der Waals surface area contributed by atoms with Gasteiger partial charge in [0.05, 0.1) is 6.04 Å². The Labute approximate surface area is 111 Å². The van der Waals surface area contributed by atoms with Crippen molar-refractivity contribution in [3.63, 3.8) is 0 Å². The number of hydrogen-bond acceptors (Lipinski definition) is 6. The second-order valence-corrected chi connectivity index (χ2v) is 4.94. The van der Waals surface area contributed by atoms with Gasteiger partial charge in [-0.3, -0.25) is 0 Å². The number of nitrogens with two attached hydrogens (primary N) is 1. The van der Waals surface area contributed by atoms with E-state index in [-0.39, 0.29) is 6.04 Å². The van der Waals surface area contributed by atoms with Gasteiger partial charge in [-0.2, -0.15) is 4.98 Å². The van der Waals surface area contributed by atoms with Gasteiger partial charge in [0.25, 0.3) is 0 Å². The summed E-state index contributed by atoms with van der Waals surface area (Å²) in [5.74, 6) is 2.02. The summed E-state index contributed by atoms with van der Waals surface area (Å²) in [6.07, 6.45) is 2.16. The van der Waals surface area contributed by atoms with E-state index < -0.39 is 0 Å². The van der Waals surface area contributed by atoms with E-state index in [4.69, 9.17) is 10.3 Å². The number of aryl methyl sites for hydroxylation is 2. The molecule has 6 heteroatoms. The predicted octanol–water partition coefficient (Wildman–Crippen LogP) is 2.01. The van der Waals surface area contributed by atoms with Crippen molar-refractivity contribution in [3.05, 3.63) is 29.3 Å². The SMILES string of the molecule is Cc1cc(N2CCCC2c2cc(C)on2)nc(N)n1. The molecule has 0 saturated carbocycles. The molecular formula is C13H17N5O. The molecule has 0 radical (unpaired) electrons. The highest BCUT2D eigenvalue weighted by molar-refractivity contribution is 5.46. The monoisotopic (exact) mass is 259 g/mol. The highest BCUT2D eigenvalue weighted by Gasteiger charge is 2.29. The molecule has 3 rings (SSSR count). The summed E-state index contributed by atoms with van der Waals surface area (Å²) in [7, 11) is 0. The Morgan fingerprint density at radius 1 is 1.32 bits per heavy atom. The lowest BCUT2D eigenvalue weighted by Crippen LogP contribution is -2.24. The van der Waals surface area contributed by atoms with Crippen LogP contribution < -0.4 is 10.6 Å². The number of nitrogens with zero attached hydrogens (tertiary/aromatic N) is 4. The number of aromatic nitrogens is 3. The van der Waals surface area contributed by atoms with Gasteiger partial charge < -0.3 is 15.2 Å². The topological polar surface area (TPSA) is 81.1 Å². The first-order valence-corrected chi connectivity index (χ1v) is 6.44. The third kappa shape index (κ3) is 2.25. The Bertz CT molecular complexity index is 574. The van der Waals surface area contributed by atoms with Gasteiger partial charge in [0.1, 0.15) is 17.3 Å². The van der Waals surface area contributed by atoms with Gasteiger partial charge in [0.15, 0.2) is 0 Å². The number of anilines is 2. The second kappa shape index (κ2) is 4.53. The van der Waals surface area contributed by atoms with Crippen LogP contribution in [0.3, 0.4) is 0 Å². The molecule has 0 bridgehead atoms. The minimum absolute atomic E-state index is 0.214. The molecule has 6 nitrogen and oxygen atoms in total. The lowest BCUT2D eigenvalue weighted by atomic mass is 10.1. The minimum Gasteiger partial charge on any atom is -0.368 e. The molecule has 3 heterocycles. The summed E-state index contributed by atoms with van der Waals surface area (Å²) in [6.45, 7) is 4.78. The van der Waals surface area contributed by atoms with Crippen molar-refractivity contribution in [2.24, 2.45) is 0 Å². The van der Waals surface area contributed by atoms with Gasteiger partial charge in [-0.05, 0) is 26.7 Å². The summed E-state index contributed by atoms with van der Waals surface area (Å²) in [5, 5.41) is 4.13. The molecule has 2 aromatic heterocycles. The Morgan fingerprint density at radius 2 is 2.16 bits per heavy atom. The van der Waals surface area contributed by atoms with Crippen LogP contribution in [0.1, 0.15) is 36.0 Å². The molecule has 1 atom stereocenters. The zero-order chi connectivity index (χ0) is 13.4. The Kier molecular flexibility index (Phi) is 2.85. The van der Waals surface area contributed by atoms with Crippen molar-refractivity contribution in [2.45, 2.75) is 32.7 Å². The molecule has 1 aliphatic heterocycles. The van der Waals surface area contributed by atoms with Crippen molar-refractivity contribution in [1.82, 2.24) is 15.1 Å². The molecule has 2 N–H and O–H groups in total. The van der Waals surface area contributed by atoms with Gasteiger partial charge >= 0.3 is 0 Å². The van der Waals surface area contributed by atoms with Crippen molar-refractivity contribution in [2.75, 3.05) is 17.2 Å². The number of hydrogen-bond donors (Lipinski definition) is 1. The summed E-state index contributed by atoms with van der Waals surface area (Å²) in [5.41, 5.74) is 7.57. The molecule has 0 aliphatic carbocycles. The molecule has 1 saturated heterocycles. The summed E-state index contributed by atoms with van der Waals surface area (Å²) in [4.78, 5) is 10.7. The van der Waals surface area contributed by atoms with Crippen molar-refractivity contribution in [3.8, 4) is 0 Å². The van der Waals surface area contributed by atoms with Crippen molar-refractivity contribution < 1.29 is 4.52 Å². The molecule has 0 amide bonds. The first-order valence-electron chi connectivity index (χ1n) is 6.44. The van der Waals surface area contributed by atoms with Gasteiger partial charge in [-0.1, -0.05) is 5.16 Å². The Morgan fingerprint density at radius 3 is 2.84 bits per heavy atom. The molecule has 100 valence electrons. The normalized spacial score (nSPS) is 19.1. The predicted molar refractivity (Wildman–Crippen MR) is 71.7 cm³/mol. The van der Waals surface area contributed by atoms with E-state index in [1.807, 2.05) is 26.0 Å². The minimum atomic E-state index is 0.214. The van der Waals surface area contributed by atoms with Crippen molar-refractivity contribution in [1.29, 1.82) is 0 Å². The fourth-order valence-corrected chi connectivity index (χ4v) is 2.61. The van der Waals surface area contributed by atoms with Gasteiger partial charge in [-0.25, -0.2) is 4.98 Å². The zero-order valence-electron chi connectivity index (χ0n) is 11.1. The average molecular weight is 259 g/mol. The van der Waals surface area contributed by atoms with Crippen LogP contribution >= 0.6 is 0 Å². The maximum absolute atomic E-state index is 5.73. The van der Waals surface area contributed by atoms with Gasteiger partial charge in [0.2, 0.25) is 5.95 Å². The number of rotatable bonds is 2. The molecule has 1 unspecified atom stereocenters. The van der Waals surface area contributed by atoms with E-state index in [1.165, 1.54) is 0 Å². The molecule has 0 spiro atoms. The molecule has 1 aliphatic rings. The van der Waals surface area contributed by atoms with Gasteiger partial charge in [-0.15, -0.1) is 0 Å². The summed E-state index contributed by atoms with van der Waals surface area (Å²) < 4.78 is 5.17. The highest BCUT2D eigenvalue weighted by atomic mass is 16.5. The van der Waals surface area contributed by atoms with Crippen molar-refractivity contribution >= 4 is 11.8 Å². The first-order chi connectivity index (χ1) is 9.13. The average Bonchev–Trinajstić information content (AvgIpc) is 2.95.